The molecule has 1 aromatic carbocycles. The predicted octanol–water partition coefficient (Wildman–Crippen LogP) is 0.616. The summed E-state index contributed by atoms with van der Waals surface area (Å²) in [7, 11) is -2.86. The molecule has 0 spiro atoms. The van der Waals surface area contributed by atoms with Crippen molar-refractivity contribution < 1.29 is 8.42 Å². The molecule has 2 rings (SSSR count). The molecular formula is C15H20N2O2S. The number of nitrogens with zero attached hydrogens (tertiary/aromatic N) is 1. The van der Waals surface area contributed by atoms with E-state index in [0.29, 0.717) is 13.1 Å². The molecule has 20 heavy (non-hydrogen) atoms. The van der Waals surface area contributed by atoms with Crippen LogP contribution in [-0.4, -0.2) is 44.0 Å². The Bertz CT molecular complexity index is 629. The van der Waals surface area contributed by atoms with Crippen LogP contribution in [-0.2, 0) is 16.4 Å². The molecule has 108 valence electrons. The van der Waals surface area contributed by atoms with Gasteiger partial charge in [0.25, 0.3) is 0 Å². The number of benzene rings is 1. The smallest absolute Gasteiger partial charge is 0.153 e. The first-order valence-electron chi connectivity index (χ1n) is 6.72. The van der Waals surface area contributed by atoms with E-state index in [1.807, 2.05) is 31.2 Å². The maximum absolute atomic E-state index is 11.6. The van der Waals surface area contributed by atoms with Crippen molar-refractivity contribution in [3.63, 3.8) is 0 Å². The summed E-state index contributed by atoms with van der Waals surface area (Å²) in [5.74, 6) is 6.36. The van der Waals surface area contributed by atoms with Gasteiger partial charge in [-0.25, -0.2) is 8.42 Å². The van der Waals surface area contributed by atoms with Gasteiger partial charge in [-0.2, -0.15) is 0 Å². The summed E-state index contributed by atoms with van der Waals surface area (Å²) in [6.45, 7) is 3.68. The molecule has 0 amide bonds. The minimum absolute atomic E-state index is 0.0625. The summed E-state index contributed by atoms with van der Waals surface area (Å²) in [5, 5.41) is 0. The van der Waals surface area contributed by atoms with Gasteiger partial charge < -0.3 is 5.73 Å². The van der Waals surface area contributed by atoms with E-state index < -0.39 is 9.84 Å². The van der Waals surface area contributed by atoms with Gasteiger partial charge in [0, 0.05) is 24.7 Å². The molecule has 0 aromatic heterocycles. The van der Waals surface area contributed by atoms with Crippen LogP contribution < -0.4 is 5.73 Å². The Labute approximate surface area is 120 Å². The van der Waals surface area contributed by atoms with Crippen LogP contribution in [0.3, 0.4) is 0 Å². The van der Waals surface area contributed by atoms with E-state index >= 15 is 0 Å². The lowest BCUT2D eigenvalue weighted by atomic mass is 10.1. The van der Waals surface area contributed by atoms with Crippen molar-refractivity contribution in [3.8, 4) is 11.8 Å². The Hall–Kier alpha value is -1.35. The number of nitrogens with two attached hydrogens (primary N) is 1. The molecular weight excluding hydrogens is 272 g/mol. The number of sulfone groups is 1. The van der Waals surface area contributed by atoms with Gasteiger partial charge in [-0.3, -0.25) is 4.90 Å². The summed E-state index contributed by atoms with van der Waals surface area (Å²) in [6.07, 6.45) is 0. The second kappa shape index (κ2) is 6.40. The van der Waals surface area contributed by atoms with Crippen LogP contribution in [0.5, 0.6) is 0 Å². The molecule has 1 atom stereocenters. The third kappa shape index (κ3) is 4.07. The highest BCUT2D eigenvalue weighted by Crippen LogP contribution is 2.15. The fraction of sp³-hybridized carbons (Fsp3) is 0.467. The molecule has 1 fully saturated rings. The quantitative estimate of drug-likeness (QED) is 0.812. The fourth-order valence-corrected chi connectivity index (χ4v) is 4.03. The van der Waals surface area contributed by atoms with E-state index in [2.05, 4.69) is 16.7 Å². The lowest BCUT2D eigenvalue weighted by Gasteiger charge is -2.33. The van der Waals surface area contributed by atoms with Crippen LogP contribution in [0.2, 0.25) is 0 Å². The Morgan fingerprint density at radius 3 is 2.95 bits per heavy atom. The molecule has 0 bridgehead atoms. The normalized spacial score (nSPS) is 22.0. The first kappa shape index (κ1) is 15.0. The molecule has 2 N–H and O–H groups in total. The third-order valence-corrected chi connectivity index (χ3v) is 5.25. The fourth-order valence-electron chi connectivity index (χ4n) is 2.40. The van der Waals surface area contributed by atoms with Gasteiger partial charge in [0.1, 0.15) is 0 Å². The number of hydrogen-bond donors (Lipinski definition) is 1. The van der Waals surface area contributed by atoms with Crippen LogP contribution in [0, 0.1) is 11.8 Å². The second-order valence-corrected chi connectivity index (χ2v) is 7.37. The van der Waals surface area contributed by atoms with Crippen molar-refractivity contribution in [1.82, 2.24) is 4.90 Å². The minimum atomic E-state index is -2.86. The van der Waals surface area contributed by atoms with Gasteiger partial charge in [0.2, 0.25) is 0 Å². The standard InChI is InChI=1S/C15H20N2O2S/c1-13-12-20(18,19)9-8-17(13)11-15-5-2-4-14(10-15)6-3-7-16/h2,4-5,10,13H,7-9,11-12,16H2,1H3. The molecule has 0 aliphatic carbocycles. The van der Waals surface area contributed by atoms with Crippen molar-refractivity contribution in [2.75, 3.05) is 24.6 Å². The van der Waals surface area contributed by atoms with Crippen LogP contribution in [0.1, 0.15) is 18.1 Å². The molecule has 5 heteroatoms. The van der Waals surface area contributed by atoms with Gasteiger partial charge in [0.05, 0.1) is 18.1 Å². The summed E-state index contributed by atoms with van der Waals surface area (Å²) >= 11 is 0. The van der Waals surface area contributed by atoms with Crippen molar-refractivity contribution in [1.29, 1.82) is 0 Å². The third-order valence-electron chi connectivity index (χ3n) is 3.46. The summed E-state index contributed by atoms with van der Waals surface area (Å²) in [5.41, 5.74) is 7.47. The van der Waals surface area contributed by atoms with E-state index in [4.69, 9.17) is 5.73 Å². The molecule has 1 aliphatic heterocycles. The van der Waals surface area contributed by atoms with E-state index in [9.17, 15) is 8.42 Å². The molecule has 4 nitrogen and oxygen atoms in total. The Kier molecular flexibility index (Phi) is 4.81. The predicted molar refractivity (Wildman–Crippen MR) is 80.9 cm³/mol. The van der Waals surface area contributed by atoms with E-state index in [-0.39, 0.29) is 17.5 Å². The van der Waals surface area contributed by atoms with Crippen LogP contribution in [0.4, 0.5) is 0 Å². The zero-order chi connectivity index (χ0) is 14.6. The van der Waals surface area contributed by atoms with Crippen molar-refractivity contribution in [2.45, 2.75) is 19.5 Å². The van der Waals surface area contributed by atoms with Crippen LogP contribution in [0.25, 0.3) is 0 Å². The molecule has 1 aromatic rings. The summed E-state index contributed by atoms with van der Waals surface area (Å²) in [4.78, 5) is 2.20. The van der Waals surface area contributed by atoms with Gasteiger partial charge in [-0.15, -0.1) is 0 Å². The van der Waals surface area contributed by atoms with Gasteiger partial charge in [0.15, 0.2) is 9.84 Å². The highest BCUT2D eigenvalue weighted by Gasteiger charge is 2.27. The molecule has 0 radical (unpaired) electrons. The maximum Gasteiger partial charge on any atom is 0.153 e. The van der Waals surface area contributed by atoms with Gasteiger partial charge in [-0.05, 0) is 24.6 Å². The summed E-state index contributed by atoms with van der Waals surface area (Å²) < 4.78 is 23.1. The molecule has 1 heterocycles. The average molecular weight is 292 g/mol. The average Bonchev–Trinajstić information content (AvgIpc) is 2.40. The van der Waals surface area contributed by atoms with Gasteiger partial charge in [-0.1, -0.05) is 24.0 Å². The second-order valence-electron chi connectivity index (χ2n) is 5.14. The van der Waals surface area contributed by atoms with Crippen molar-refractivity contribution >= 4 is 9.84 Å². The Morgan fingerprint density at radius 2 is 2.25 bits per heavy atom. The first-order valence-corrected chi connectivity index (χ1v) is 8.55. The highest BCUT2D eigenvalue weighted by molar-refractivity contribution is 7.91. The molecule has 1 aliphatic rings. The van der Waals surface area contributed by atoms with E-state index in [1.54, 1.807) is 0 Å². The van der Waals surface area contributed by atoms with Crippen LogP contribution in [0.15, 0.2) is 24.3 Å². The summed E-state index contributed by atoms with van der Waals surface area (Å²) in [6, 6.07) is 8.08. The molecule has 1 saturated heterocycles. The largest absolute Gasteiger partial charge is 0.320 e. The van der Waals surface area contributed by atoms with Crippen molar-refractivity contribution in [3.05, 3.63) is 35.4 Å². The Morgan fingerprint density at radius 1 is 1.45 bits per heavy atom. The van der Waals surface area contributed by atoms with E-state index in [1.165, 1.54) is 0 Å². The SMILES string of the molecule is CC1CS(=O)(=O)CCN1Cc1cccc(C#CCN)c1. The van der Waals surface area contributed by atoms with Gasteiger partial charge >= 0.3 is 0 Å². The monoisotopic (exact) mass is 292 g/mol. The molecule has 0 saturated carbocycles. The topological polar surface area (TPSA) is 63.4 Å². The zero-order valence-electron chi connectivity index (χ0n) is 11.7. The van der Waals surface area contributed by atoms with Crippen LogP contribution >= 0.6 is 0 Å². The lowest BCUT2D eigenvalue weighted by molar-refractivity contribution is 0.218. The Balaban J connectivity index is 2.07. The maximum atomic E-state index is 11.6. The number of rotatable bonds is 2. The molecule has 1 unspecified atom stereocenters. The zero-order valence-corrected chi connectivity index (χ0v) is 12.5. The number of hydrogen-bond acceptors (Lipinski definition) is 4. The highest BCUT2D eigenvalue weighted by atomic mass is 32.2. The lowest BCUT2D eigenvalue weighted by Crippen LogP contribution is -2.46. The first-order chi connectivity index (χ1) is 9.50. The van der Waals surface area contributed by atoms with Crippen molar-refractivity contribution in [2.24, 2.45) is 5.73 Å². The van der Waals surface area contributed by atoms with E-state index in [0.717, 1.165) is 17.7 Å². The minimum Gasteiger partial charge on any atom is -0.320 e.